The summed E-state index contributed by atoms with van der Waals surface area (Å²) in [5, 5.41) is 0.611. The molecule has 0 aliphatic heterocycles. The number of nitrogens with zero attached hydrogens (tertiary/aromatic N) is 2. The summed E-state index contributed by atoms with van der Waals surface area (Å²) in [4.78, 5) is 7.75. The summed E-state index contributed by atoms with van der Waals surface area (Å²) >= 11 is 5.85. The van der Waals surface area contributed by atoms with Crippen molar-refractivity contribution in [2.75, 3.05) is 7.05 Å². The molecule has 0 heterocycles. The van der Waals surface area contributed by atoms with Gasteiger partial charge in [-0.05, 0) is 31.2 Å². The van der Waals surface area contributed by atoms with Crippen LogP contribution in [0.1, 0.15) is 13.3 Å². The molecule has 0 saturated heterocycles. The average molecular weight is 251 g/mol. The minimum Gasteiger partial charge on any atom is -0.295 e. The van der Waals surface area contributed by atoms with Gasteiger partial charge in [-0.1, -0.05) is 43.3 Å². The van der Waals surface area contributed by atoms with Gasteiger partial charge in [-0.3, -0.25) is 9.98 Å². The molecule has 0 aromatic carbocycles. The molecule has 1 unspecified atom stereocenters. The van der Waals surface area contributed by atoms with E-state index >= 15 is 0 Å². The first-order valence-electron chi connectivity index (χ1n) is 5.38. The van der Waals surface area contributed by atoms with Gasteiger partial charge in [-0.25, -0.2) is 0 Å². The van der Waals surface area contributed by atoms with E-state index in [1.54, 1.807) is 19.3 Å². The van der Waals surface area contributed by atoms with Crippen LogP contribution in [0.2, 0.25) is 0 Å². The maximum atomic E-state index is 5.85. The Morgan fingerprint density at radius 2 is 2.12 bits per heavy atom. The zero-order valence-corrected chi connectivity index (χ0v) is 11.2. The fourth-order valence-corrected chi connectivity index (χ4v) is 1.39. The molecule has 0 saturated carbocycles. The number of halogens is 1. The predicted molar refractivity (Wildman–Crippen MR) is 79.1 cm³/mol. The standard InChI is InChI=1S/C14H19ClN2/c1-5-7-14(17-4)10-12(2)8-6-9-13(15)11-16-3/h5-9,11-12H,1,4,10H2,2-3H3/b8-6+,13-9+,14-7-,16-11-. The van der Waals surface area contributed by atoms with Crippen molar-refractivity contribution in [3.63, 3.8) is 0 Å². The molecule has 0 spiro atoms. The van der Waals surface area contributed by atoms with Crippen molar-refractivity contribution in [2.24, 2.45) is 15.9 Å². The van der Waals surface area contributed by atoms with Crippen LogP contribution >= 0.6 is 11.6 Å². The zero-order valence-electron chi connectivity index (χ0n) is 10.4. The van der Waals surface area contributed by atoms with Crippen LogP contribution in [0.15, 0.2) is 57.7 Å². The second kappa shape index (κ2) is 9.79. The Kier molecular flexibility index (Phi) is 8.98. The largest absolute Gasteiger partial charge is 0.295 e. The number of hydrogen-bond donors (Lipinski definition) is 0. The Labute approximate surface area is 109 Å². The van der Waals surface area contributed by atoms with E-state index in [9.17, 15) is 0 Å². The SMILES string of the molecule is C=C/C=C(/CC(C)/C=C/C=C(Cl)\C=N/C)N=C. The molecule has 3 heteroatoms. The second-order valence-corrected chi connectivity index (χ2v) is 3.99. The molecular weight excluding hydrogens is 232 g/mol. The van der Waals surface area contributed by atoms with Crippen LogP contribution in [0, 0.1) is 5.92 Å². The van der Waals surface area contributed by atoms with Gasteiger partial charge in [0, 0.05) is 19.0 Å². The van der Waals surface area contributed by atoms with E-state index in [-0.39, 0.29) is 0 Å². The van der Waals surface area contributed by atoms with Crippen molar-refractivity contribution >= 4 is 24.5 Å². The zero-order chi connectivity index (χ0) is 13.1. The fourth-order valence-electron chi connectivity index (χ4n) is 1.22. The summed E-state index contributed by atoms with van der Waals surface area (Å²) in [7, 11) is 1.69. The highest BCUT2D eigenvalue weighted by atomic mass is 35.5. The van der Waals surface area contributed by atoms with Crippen molar-refractivity contribution in [2.45, 2.75) is 13.3 Å². The van der Waals surface area contributed by atoms with Gasteiger partial charge in [0.1, 0.15) is 0 Å². The van der Waals surface area contributed by atoms with Gasteiger partial charge in [0.25, 0.3) is 0 Å². The van der Waals surface area contributed by atoms with E-state index in [0.29, 0.717) is 11.0 Å². The lowest BCUT2D eigenvalue weighted by Crippen LogP contribution is -1.91. The van der Waals surface area contributed by atoms with Gasteiger partial charge in [-0.2, -0.15) is 0 Å². The van der Waals surface area contributed by atoms with E-state index in [4.69, 9.17) is 11.6 Å². The lowest BCUT2D eigenvalue weighted by Gasteiger charge is -2.05. The normalized spacial score (nSPS) is 15.5. The Morgan fingerprint density at radius 3 is 2.65 bits per heavy atom. The molecule has 0 aliphatic rings. The quantitative estimate of drug-likeness (QED) is 0.479. The molecule has 0 fully saturated rings. The number of rotatable bonds is 7. The van der Waals surface area contributed by atoms with Gasteiger partial charge in [0.15, 0.2) is 0 Å². The van der Waals surface area contributed by atoms with Crippen molar-refractivity contribution in [3.8, 4) is 0 Å². The van der Waals surface area contributed by atoms with E-state index < -0.39 is 0 Å². The Morgan fingerprint density at radius 1 is 1.41 bits per heavy atom. The molecule has 0 aliphatic carbocycles. The smallest absolute Gasteiger partial charge is 0.0584 e. The minimum atomic E-state index is 0.367. The second-order valence-electron chi connectivity index (χ2n) is 3.56. The number of aliphatic imine (C=N–C) groups is 2. The van der Waals surface area contributed by atoms with E-state index in [1.807, 2.05) is 18.2 Å². The first kappa shape index (κ1) is 15.6. The van der Waals surface area contributed by atoms with Crippen LogP contribution in [0.25, 0.3) is 0 Å². The van der Waals surface area contributed by atoms with Gasteiger partial charge >= 0.3 is 0 Å². The van der Waals surface area contributed by atoms with Gasteiger partial charge < -0.3 is 0 Å². The topological polar surface area (TPSA) is 24.7 Å². The fraction of sp³-hybridized carbons (Fsp3) is 0.286. The molecule has 0 N–H and O–H groups in total. The van der Waals surface area contributed by atoms with Crippen molar-refractivity contribution < 1.29 is 0 Å². The minimum absolute atomic E-state index is 0.367. The van der Waals surface area contributed by atoms with Crippen LogP contribution in [-0.2, 0) is 0 Å². The summed E-state index contributed by atoms with van der Waals surface area (Å²) in [5.74, 6) is 0.367. The third kappa shape index (κ3) is 8.40. The highest BCUT2D eigenvalue weighted by Gasteiger charge is 1.99. The molecule has 1 atom stereocenters. The van der Waals surface area contributed by atoms with Crippen LogP contribution in [-0.4, -0.2) is 20.0 Å². The average Bonchev–Trinajstić information content (AvgIpc) is 2.28. The summed E-state index contributed by atoms with van der Waals surface area (Å²) < 4.78 is 0. The molecule has 0 rings (SSSR count). The van der Waals surface area contributed by atoms with E-state index in [2.05, 4.69) is 36.3 Å². The monoisotopic (exact) mass is 250 g/mol. The molecular formula is C14H19ClN2. The van der Waals surface area contributed by atoms with Crippen molar-refractivity contribution in [3.05, 3.63) is 47.7 Å². The molecule has 92 valence electrons. The lowest BCUT2D eigenvalue weighted by atomic mass is 10.0. The predicted octanol–water partition coefficient (Wildman–Crippen LogP) is 4.16. The third-order valence-corrected chi connectivity index (χ3v) is 2.22. The van der Waals surface area contributed by atoms with Crippen molar-refractivity contribution in [1.82, 2.24) is 0 Å². The molecule has 0 aromatic rings. The molecule has 0 amide bonds. The van der Waals surface area contributed by atoms with Gasteiger partial charge in [0.2, 0.25) is 0 Å². The third-order valence-electron chi connectivity index (χ3n) is 1.99. The summed E-state index contributed by atoms with van der Waals surface area (Å²) in [5.41, 5.74) is 0.933. The first-order chi connectivity index (χ1) is 8.13. The summed E-state index contributed by atoms with van der Waals surface area (Å²) in [6.07, 6.45) is 11.8. The highest BCUT2D eigenvalue weighted by Crippen LogP contribution is 2.13. The van der Waals surface area contributed by atoms with Crippen LogP contribution in [0.5, 0.6) is 0 Å². The van der Waals surface area contributed by atoms with E-state index in [1.165, 1.54) is 0 Å². The molecule has 2 nitrogen and oxygen atoms in total. The molecule has 0 bridgehead atoms. The summed E-state index contributed by atoms with van der Waals surface area (Å²) in [6, 6.07) is 0. The highest BCUT2D eigenvalue weighted by molar-refractivity contribution is 6.39. The number of allylic oxidation sites excluding steroid dienone is 7. The lowest BCUT2D eigenvalue weighted by molar-refractivity contribution is 0.712. The van der Waals surface area contributed by atoms with Crippen LogP contribution in [0.3, 0.4) is 0 Å². The Balaban J connectivity index is 4.35. The molecule has 0 radical (unpaired) electrons. The van der Waals surface area contributed by atoms with Gasteiger partial charge in [0.05, 0.1) is 5.03 Å². The van der Waals surface area contributed by atoms with Crippen molar-refractivity contribution in [1.29, 1.82) is 0 Å². The Hall–Kier alpha value is -1.41. The first-order valence-corrected chi connectivity index (χ1v) is 5.76. The maximum Gasteiger partial charge on any atom is 0.0584 e. The summed E-state index contributed by atoms with van der Waals surface area (Å²) in [6.45, 7) is 9.27. The molecule has 17 heavy (non-hydrogen) atoms. The van der Waals surface area contributed by atoms with E-state index in [0.717, 1.165) is 12.1 Å². The molecule has 0 aromatic heterocycles. The Bertz CT molecular complexity index is 362. The number of hydrogen-bond acceptors (Lipinski definition) is 2. The van der Waals surface area contributed by atoms with Gasteiger partial charge in [-0.15, -0.1) is 0 Å². The maximum absolute atomic E-state index is 5.85. The van der Waals surface area contributed by atoms with Crippen LogP contribution < -0.4 is 0 Å². The van der Waals surface area contributed by atoms with Crippen LogP contribution in [0.4, 0.5) is 0 Å².